The fraction of sp³-hybridized carbons (Fsp3) is 0.560. The standard InChI is InChI=1S/C25H32N2O3/c28-25(21-15-24(16-21)30-23-8-12-29-13-9-23)26-17-18-4-5-19-6-10-27(22-2-1-3-22)11-7-20(19)14-18/h1-5,14,21,23-24H,6-13,15-17H2,(H,26,28). The Morgan fingerprint density at radius 2 is 1.87 bits per heavy atom. The smallest absolute Gasteiger partial charge is 0.223 e. The zero-order chi connectivity index (χ0) is 20.3. The van der Waals surface area contributed by atoms with Crippen LogP contribution in [-0.2, 0) is 33.7 Å². The normalized spacial score (nSPS) is 26.1. The quantitative estimate of drug-likeness (QED) is 0.786. The minimum Gasteiger partial charge on any atom is -0.381 e. The molecule has 0 atom stereocenters. The topological polar surface area (TPSA) is 50.8 Å². The minimum absolute atomic E-state index is 0.105. The van der Waals surface area contributed by atoms with Crippen LogP contribution in [0.25, 0.3) is 0 Å². The van der Waals surface area contributed by atoms with E-state index in [0.29, 0.717) is 12.6 Å². The number of nitrogens with zero attached hydrogens (tertiary/aromatic N) is 1. The van der Waals surface area contributed by atoms with Crippen molar-refractivity contribution in [1.29, 1.82) is 0 Å². The molecular formula is C25H32N2O3. The Labute approximate surface area is 179 Å². The lowest BCUT2D eigenvalue weighted by Crippen LogP contribution is -2.44. The summed E-state index contributed by atoms with van der Waals surface area (Å²) in [7, 11) is 0. The van der Waals surface area contributed by atoms with Crippen LogP contribution in [-0.4, -0.2) is 49.3 Å². The lowest BCUT2D eigenvalue weighted by Gasteiger charge is -2.37. The van der Waals surface area contributed by atoms with Crippen molar-refractivity contribution in [1.82, 2.24) is 10.2 Å². The fourth-order valence-corrected chi connectivity index (χ4v) is 4.85. The van der Waals surface area contributed by atoms with Crippen LogP contribution in [0, 0.1) is 5.92 Å². The monoisotopic (exact) mass is 408 g/mol. The average molecular weight is 409 g/mol. The highest BCUT2D eigenvalue weighted by molar-refractivity contribution is 5.79. The van der Waals surface area contributed by atoms with E-state index >= 15 is 0 Å². The first kappa shape index (κ1) is 19.8. The van der Waals surface area contributed by atoms with E-state index in [0.717, 1.165) is 64.8 Å². The molecule has 160 valence electrons. The van der Waals surface area contributed by atoms with Crippen molar-refractivity contribution >= 4 is 5.91 Å². The van der Waals surface area contributed by atoms with Crippen LogP contribution >= 0.6 is 0 Å². The molecule has 0 spiro atoms. The molecule has 0 radical (unpaired) electrons. The van der Waals surface area contributed by atoms with Crippen LogP contribution < -0.4 is 5.32 Å². The summed E-state index contributed by atoms with van der Waals surface area (Å²) in [6.07, 6.45) is 12.9. The van der Waals surface area contributed by atoms with E-state index in [9.17, 15) is 4.79 Å². The molecule has 1 saturated carbocycles. The van der Waals surface area contributed by atoms with E-state index in [2.05, 4.69) is 46.6 Å². The Balaban J connectivity index is 1.07. The summed E-state index contributed by atoms with van der Waals surface area (Å²) in [6.45, 7) is 4.36. The third-order valence-electron chi connectivity index (χ3n) is 6.96. The molecule has 30 heavy (non-hydrogen) atoms. The Bertz CT molecular complexity index is 835. The second-order valence-corrected chi connectivity index (χ2v) is 9.00. The Hall–Kier alpha value is -2.11. The molecule has 1 aromatic carbocycles. The first-order chi connectivity index (χ1) is 14.7. The van der Waals surface area contributed by atoms with Crippen LogP contribution in [0.4, 0.5) is 0 Å². The van der Waals surface area contributed by atoms with Crippen molar-refractivity contribution in [2.45, 2.75) is 57.3 Å². The van der Waals surface area contributed by atoms with Gasteiger partial charge in [-0.25, -0.2) is 0 Å². The number of amides is 1. The van der Waals surface area contributed by atoms with Crippen molar-refractivity contribution in [3.63, 3.8) is 0 Å². The number of allylic oxidation sites excluding steroid dienone is 3. The zero-order valence-corrected chi connectivity index (χ0v) is 17.6. The largest absolute Gasteiger partial charge is 0.381 e. The molecule has 5 rings (SSSR count). The van der Waals surface area contributed by atoms with Gasteiger partial charge in [-0.1, -0.05) is 24.3 Å². The van der Waals surface area contributed by atoms with Crippen molar-refractivity contribution in [3.8, 4) is 0 Å². The summed E-state index contributed by atoms with van der Waals surface area (Å²) in [6, 6.07) is 6.73. The number of hydrogen-bond acceptors (Lipinski definition) is 4. The lowest BCUT2D eigenvalue weighted by molar-refractivity contribution is -0.142. The van der Waals surface area contributed by atoms with Crippen LogP contribution in [0.1, 0.15) is 42.4 Å². The molecule has 1 saturated heterocycles. The maximum Gasteiger partial charge on any atom is 0.223 e. The predicted molar refractivity (Wildman–Crippen MR) is 116 cm³/mol. The highest BCUT2D eigenvalue weighted by atomic mass is 16.5. The molecule has 4 aliphatic rings. The van der Waals surface area contributed by atoms with Gasteiger partial charge in [0.2, 0.25) is 5.91 Å². The summed E-state index contributed by atoms with van der Waals surface area (Å²) < 4.78 is 11.5. The zero-order valence-electron chi connectivity index (χ0n) is 17.6. The van der Waals surface area contributed by atoms with E-state index in [1.54, 1.807) is 0 Å². The molecule has 2 heterocycles. The van der Waals surface area contributed by atoms with Gasteiger partial charge in [0, 0.05) is 44.5 Å². The Kier molecular flexibility index (Phi) is 5.91. The van der Waals surface area contributed by atoms with Crippen molar-refractivity contribution in [2.75, 3.05) is 26.3 Å². The molecule has 0 unspecified atom stereocenters. The highest BCUT2D eigenvalue weighted by Gasteiger charge is 2.36. The van der Waals surface area contributed by atoms with E-state index in [-0.39, 0.29) is 17.9 Å². The number of carbonyl (C=O) groups is 1. The summed E-state index contributed by atoms with van der Waals surface area (Å²) >= 11 is 0. The molecule has 1 amide bonds. The SMILES string of the molecule is O=C(NCc1ccc2c(c1)CCN(C1=CC=C1)CC2)C1CC(OC2CCOCC2)C1. The van der Waals surface area contributed by atoms with E-state index in [1.165, 1.54) is 22.4 Å². The second-order valence-electron chi connectivity index (χ2n) is 9.00. The maximum absolute atomic E-state index is 12.5. The lowest BCUT2D eigenvalue weighted by atomic mass is 9.81. The fourth-order valence-electron chi connectivity index (χ4n) is 4.85. The van der Waals surface area contributed by atoms with Crippen molar-refractivity contribution in [2.24, 2.45) is 5.92 Å². The van der Waals surface area contributed by atoms with Gasteiger partial charge in [-0.05, 0) is 67.4 Å². The number of nitrogens with one attached hydrogen (secondary N) is 1. The van der Waals surface area contributed by atoms with Gasteiger partial charge in [0.25, 0.3) is 0 Å². The van der Waals surface area contributed by atoms with Crippen molar-refractivity contribution < 1.29 is 14.3 Å². The summed E-state index contributed by atoms with van der Waals surface area (Å²) in [4.78, 5) is 15.0. The summed E-state index contributed by atoms with van der Waals surface area (Å²) in [5, 5.41) is 3.15. The number of hydrogen-bond donors (Lipinski definition) is 1. The average Bonchev–Trinajstić information content (AvgIpc) is 2.90. The van der Waals surface area contributed by atoms with Crippen LogP contribution in [0.15, 0.2) is 42.1 Å². The molecule has 0 aromatic heterocycles. The third-order valence-corrected chi connectivity index (χ3v) is 6.96. The van der Waals surface area contributed by atoms with Gasteiger partial charge in [0.1, 0.15) is 0 Å². The second kappa shape index (κ2) is 8.94. The molecule has 2 aliphatic heterocycles. The van der Waals surface area contributed by atoms with Gasteiger partial charge in [-0.2, -0.15) is 0 Å². The van der Waals surface area contributed by atoms with E-state index in [4.69, 9.17) is 9.47 Å². The molecule has 1 aromatic rings. The Morgan fingerprint density at radius 3 is 2.60 bits per heavy atom. The van der Waals surface area contributed by atoms with Gasteiger partial charge >= 0.3 is 0 Å². The van der Waals surface area contributed by atoms with Gasteiger partial charge < -0.3 is 19.7 Å². The summed E-state index contributed by atoms with van der Waals surface area (Å²) in [5.74, 6) is 0.277. The van der Waals surface area contributed by atoms with E-state index < -0.39 is 0 Å². The molecule has 2 aliphatic carbocycles. The first-order valence-corrected chi connectivity index (χ1v) is 11.5. The molecule has 5 heteroatoms. The number of ether oxygens (including phenoxy) is 2. The van der Waals surface area contributed by atoms with Gasteiger partial charge in [-0.15, -0.1) is 0 Å². The molecule has 0 bridgehead atoms. The molecule has 2 fully saturated rings. The van der Waals surface area contributed by atoms with Crippen molar-refractivity contribution in [3.05, 3.63) is 58.8 Å². The number of benzene rings is 1. The van der Waals surface area contributed by atoms with Gasteiger partial charge in [0.05, 0.1) is 12.2 Å². The number of fused-ring (bicyclic) bond motifs is 1. The predicted octanol–water partition coefficient (Wildman–Crippen LogP) is 3.13. The van der Waals surface area contributed by atoms with E-state index in [1.807, 2.05) is 0 Å². The first-order valence-electron chi connectivity index (χ1n) is 11.5. The minimum atomic E-state index is 0.105. The molecular weight excluding hydrogens is 376 g/mol. The summed E-state index contributed by atoms with van der Waals surface area (Å²) in [5.41, 5.74) is 5.44. The maximum atomic E-state index is 12.5. The molecule has 1 N–H and O–H groups in total. The highest BCUT2D eigenvalue weighted by Crippen LogP contribution is 2.32. The van der Waals surface area contributed by atoms with Crippen LogP contribution in [0.5, 0.6) is 0 Å². The van der Waals surface area contributed by atoms with Crippen LogP contribution in [0.2, 0.25) is 0 Å². The number of carbonyl (C=O) groups excluding carboxylic acids is 1. The molecule has 5 nitrogen and oxygen atoms in total. The van der Waals surface area contributed by atoms with Gasteiger partial charge in [-0.3, -0.25) is 4.79 Å². The van der Waals surface area contributed by atoms with Gasteiger partial charge in [0.15, 0.2) is 0 Å². The van der Waals surface area contributed by atoms with Crippen LogP contribution in [0.3, 0.4) is 0 Å². The third kappa shape index (κ3) is 4.47. The number of rotatable bonds is 6. The Morgan fingerprint density at radius 1 is 1.10 bits per heavy atom.